The number of hydrazone groups is 1. The number of halogens is 1. The van der Waals surface area contributed by atoms with E-state index in [4.69, 9.17) is 21.1 Å². The summed E-state index contributed by atoms with van der Waals surface area (Å²) in [4.78, 5) is 12.0. The molecule has 5 nitrogen and oxygen atoms in total. The molecule has 0 aliphatic heterocycles. The summed E-state index contributed by atoms with van der Waals surface area (Å²) < 4.78 is 11.3. The molecule has 0 fully saturated rings. The van der Waals surface area contributed by atoms with Gasteiger partial charge in [-0.05, 0) is 60.4 Å². The maximum Gasteiger partial charge on any atom is 0.277 e. The van der Waals surface area contributed by atoms with Crippen molar-refractivity contribution in [1.82, 2.24) is 5.43 Å². The summed E-state index contributed by atoms with van der Waals surface area (Å²) in [6.45, 7) is 4.13. The zero-order valence-electron chi connectivity index (χ0n) is 16.9. The highest BCUT2D eigenvalue weighted by Crippen LogP contribution is 2.25. The number of ether oxygens (including phenoxy) is 2. The van der Waals surface area contributed by atoms with Gasteiger partial charge >= 0.3 is 0 Å². The SMILES string of the molecule is Cc1cc(OCC(=O)NN=Cc2cccc(OCc3ccccc3)c2)cc(C)c1Cl. The van der Waals surface area contributed by atoms with Crippen LogP contribution in [0.5, 0.6) is 11.5 Å². The normalized spacial score (nSPS) is 10.8. The van der Waals surface area contributed by atoms with Crippen LogP contribution in [0.3, 0.4) is 0 Å². The highest BCUT2D eigenvalue weighted by Gasteiger charge is 2.06. The maximum atomic E-state index is 12.0. The summed E-state index contributed by atoms with van der Waals surface area (Å²) in [6.07, 6.45) is 1.56. The van der Waals surface area contributed by atoms with E-state index in [0.29, 0.717) is 17.4 Å². The van der Waals surface area contributed by atoms with Crippen molar-refractivity contribution in [2.45, 2.75) is 20.5 Å². The first-order chi connectivity index (χ1) is 14.5. The van der Waals surface area contributed by atoms with Gasteiger partial charge in [0.1, 0.15) is 18.1 Å². The molecular formula is C24H23ClN2O3. The van der Waals surface area contributed by atoms with Crippen LogP contribution >= 0.6 is 11.6 Å². The second kappa shape index (κ2) is 10.5. The number of hydrogen-bond donors (Lipinski definition) is 1. The molecule has 1 N–H and O–H groups in total. The standard InChI is InChI=1S/C24H23ClN2O3/c1-17-11-22(12-18(2)24(17)25)30-16-23(28)27-26-14-20-9-6-10-21(13-20)29-15-19-7-4-3-5-8-19/h3-14H,15-16H2,1-2H3,(H,27,28). The van der Waals surface area contributed by atoms with Crippen LogP contribution in [-0.2, 0) is 11.4 Å². The Morgan fingerprint density at radius 3 is 2.43 bits per heavy atom. The fraction of sp³-hybridized carbons (Fsp3) is 0.167. The zero-order valence-corrected chi connectivity index (χ0v) is 17.6. The predicted molar refractivity (Wildman–Crippen MR) is 119 cm³/mol. The molecule has 30 heavy (non-hydrogen) atoms. The Labute approximate surface area is 181 Å². The molecule has 0 atom stereocenters. The lowest BCUT2D eigenvalue weighted by Crippen LogP contribution is -2.24. The van der Waals surface area contributed by atoms with Gasteiger partial charge in [0.25, 0.3) is 5.91 Å². The van der Waals surface area contributed by atoms with E-state index in [2.05, 4.69) is 10.5 Å². The van der Waals surface area contributed by atoms with E-state index >= 15 is 0 Å². The quantitative estimate of drug-likeness (QED) is 0.407. The molecule has 0 saturated heterocycles. The first kappa shape index (κ1) is 21.4. The summed E-state index contributed by atoms with van der Waals surface area (Å²) in [5, 5.41) is 4.68. The number of rotatable bonds is 8. The largest absolute Gasteiger partial charge is 0.489 e. The van der Waals surface area contributed by atoms with Gasteiger partial charge < -0.3 is 9.47 Å². The van der Waals surface area contributed by atoms with E-state index in [-0.39, 0.29) is 12.5 Å². The molecule has 3 aromatic rings. The van der Waals surface area contributed by atoms with Gasteiger partial charge in [0.2, 0.25) is 0 Å². The summed E-state index contributed by atoms with van der Waals surface area (Å²) in [5.74, 6) is 0.968. The Hall–Kier alpha value is -3.31. The molecule has 0 saturated carbocycles. The zero-order chi connectivity index (χ0) is 21.3. The molecule has 0 unspecified atom stereocenters. The molecule has 3 aromatic carbocycles. The molecule has 6 heteroatoms. The van der Waals surface area contributed by atoms with Crippen molar-refractivity contribution in [3.05, 3.63) is 94.0 Å². The fourth-order valence-electron chi connectivity index (χ4n) is 2.78. The van der Waals surface area contributed by atoms with Gasteiger partial charge in [0.15, 0.2) is 6.61 Å². The van der Waals surface area contributed by atoms with Crippen LogP contribution in [0.4, 0.5) is 0 Å². The van der Waals surface area contributed by atoms with Crippen LogP contribution in [0.1, 0.15) is 22.3 Å². The van der Waals surface area contributed by atoms with E-state index in [1.54, 1.807) is 18.3 Å². The molecule has 1 amide bonds. The second-order valence-electron chi connectivity index (χ2n) is 6.80. The summed E-state index contributed by atoms with van der Waals surface area (Å²) >= 11 is 6.14. The number of hydrogen-bond acceptors (Lipinski definition) is 4. The molecule has 154 valence electrons. The van der Waals surface area contributed by atoms with Gasteiger partial charge in [-0.15, -0.1) is 0 Å². The van der Waals surface area contributed by atoms with Crippen LogP contribution in [0, 0.1) is 13.8 Å². The molecule has 0 aliphatic carbocycles. The smallest absolute Gasteiger partial charge is 0.277 e. The van der Waals surface area contributed by atoms with Crippen LogP contribution in [0.25, 0.3) is 0 Å². The minimum Gasteiger partial charge on any atom is -0.489 e. The van der Waals surface area contributed by atoms with Gasteiger partial charge in [0, 0.05) is 5.02 Å². The fourth-order valence-corrected chi connectivity index (χ4v) is 2.88. The summed E-state index contributed by atoms with van der Waals surface area (Å²) in [6, 6.07) is 21.0. The van der Waals surface area contributed by atoms with E-state index in [0.717, 1.165) is 28.0 Å². The molecule has 0 radical (unpaired) electrons. The molecule has 0 spiro atoms. The Kier molecular flexibility index (Phi) is 7.46. The summed E-state index contributed by atoms with van der Waals surface area (Å²) in [5.41, 5.74) is 6.17. The van der Waals surface area contributed by atoms with Crippen molar-refractivity contribution in [1.29, 1.82) is 0 Å². The second-order valence-corrected chi connectivity index (χ2v) is 7.18. The van der Waals surface area contributed by atoms with Crippen molar-refractivity contribution in [3.63, 3.8) is 0 Å². The monoisotopic (exact) mass is 422 g/mol. The minimum absolute atomic E-state index is 0.141. The Balaban J connectivity index is 1.48. The molecule has 0 heterocycles. The first-order valence-electron chi connectivity index (χ1n) is 9.49. The Morgan fingerprint density at radius 2 is 1.70 bits per heavy atom. The Bertz CT molecular complexity index is 1010. The lowest BCUT2D eigenvalue weighted by molar-refractivity contribution is -0.123. The van der Waals surface area contributed by atoms with E-state index in [1.807, 2.05) is 68.4 Å². The van der Waals surface area contributed by atoms with Crippen molar-refractivity contribution < 1.29 is 14.3 Å². The van der Waals surface area contributed by atoms with E-state index in [1.165, 1.54) is 0 Å². The van der Waals surface area contributed by atoms with E-state index in [9.17, 15) is 4.79 Å². The summed E-state index contributed by atoms with van der Waals surface area (Å²) in [7, 11) is 0. The third kappa shape index (κ3) is 6.36. The van der Waals surface area contributed by atoms with Gasteiger partial charge in [-0.2, -0.15) is 5.10 Å². The van der Waals surface area contributed by atoms with Crippen LogP contribution in [0.2, 0.25) is 5.02 Å². The van der Waals surface area contributed by atoms with Crippen molar-refractivity contribution in [3.8, 4) is 11.5 Å². The third-order valence-corrected chi connectivity index (χ3v) is 4.89. The average molecular weight is 423 g/mol. The van der Waals surface area contributed by atoms with Gasteiger partial charge in [0.05, 0.1) is 6.21 Å². The van der Waals surface area contributed by atoms with E-state index < -0.39 is 0 Å². The lowest BCUT2D eigenvalue weighted by Gasteiger charge is -2.09. The Morgan fingerprint density at radius 1 is 0.967 bits per heavy atom. The lowest BCUT2D eigenvalue weighted by atomic mass is 10.1. The molecule has 3 rings (SSSR count). The maximum absolute atomic E-state index is 12.0. The molecule has 0 aliphatic rings. The number of nitrogens with one attached hydrogen (secondary N) is 1. The number of amides is 1. The molecular weight excluding hydrogens is 400 g/mol. The van der Waals surface area contributed by atoms with Crippen molar-refractivity contribution in [2.24, 2.45) is 5.10 Å². The molecule has 0 aromatic heterocycles. The van der Waals surface area contributed by atoms with Crippen LogP contribution in [0.15, 0.2) is 71.8 Å². The predicted octanol–water partition coefficient (Wildman–Crippen LogP) is 5.06. The van der Waals surface area contributed by atoms with Crippen molar-refractivity contribution in [2.75, 3.05) is 6.61 Å². The highest BCUT2D eigenvalue weighted by molar-refractivity contribution is 6.32. The third-order valence-electron chi connectivity index (χ3n) is 4.29. The van der Waals surface area contributed by atoms with Gasteiger partial charge in [-0.3, -0.25) is 4.79 Å². The number of carbonyl (C=O) groups excluding carboxylic acids is 1. The highest BCUT2D eigenvalue weighted by atomic mass is 35.5. The van der Waals surface area contributed by atoms with Crippen LogP contribution < -0.4 is 14.9 Å². The number of aryl methyl sites for hydroxylation is 2. The minimum atomic E-state index is -0.354. The van der Waals surface area contributed by atoms with Crippen molar-refractivity contribution >= 4 is 23.7 Å². The number of nitrogens with zero attached hydrogens (tertiary/aromatic N) is 1. The first-order valence-corrected chi connectivity index (χ1v) is 9.87. The average Bonchev–Trinajstić information content (AvgIpc) is 2.75. The topological polar surface area (TPSA) is 59.9 Å². The number of benzene rings is 3. The van der Waals surface area contributed by atoms with Crippen LogP contribution in [-0.4, -0.2) is 18.7 Å². The molecule has 0 bridgehead atoms. The number of carbonyl (C=O) groups is 1. The van der Waals surface area contributed by atoms with Gasteiger partial charge in [-0.1, -0.05) is 54.1 Å². The van der Waals surface area contributed by atoms with Gasteiger partial charge in [-0.25, -0.2) is 5.43 Å².